The van der Waals surface area contributed by atoms with Crippen LogP contribution in [0.15, 0.2) is 71.3 Å². The topological polar surface area (TPSA) is 74.6 Å². The lowest BCUT2D eigenvalue weighted by molar-refractivity contribution is 0.0949. The van der Waals surface area contributed by atoms with Gasteiger partial charge in [0.25, 0.3) is 11.8 Å². The van der Waals surface area contributed by atoms with Crippen LogP contribution in [-0.2, 0) is 6.54 Å². The number of rotatable bonds is 8. The smallest absolute Gasteiger partial charge is 0.255 e. The summed E-state index contributed by atoms with van der Waals surface area (Å²) in [7, 11) is 0. The highest BCUT2D eigenvalue weighted by Gasteiger charge is 2.14. The molecule has 2 amide bonds. The van der Waals surface area contributed by atoms with Gasteiger partial charge in [-0.15, -0.1) is 0 Å². The molecule has 2 N–H and O–H groups in total. The summed E-state index contributed by atoms with van der Waals surface area (Å²) in [6, 6.07) is 17.9. The molecule has 0 spiro atoms. The second-order valence-corrected chi connectivity index (χ2v) is 6.48. The number of amides is 2. The average Bonchev–Trinajstić information content (AvgIpc) is 3.27. The van der Waals surface area contributed by atoms with Crippen molar-refractivity contribution in [1.29, 1.82) is 0 Å². The molecule has 2 aromatic carbocycles. The summed E-state index contributed by atoms with van der Waals surface area (Å²) in [6.45, 7) is 6.28. The molecule has 0 unspecified atom stereocenters. The van der Waals surface area contributed by atoms with Gasteiger partial charge in [0.05, 0.1) is 24.1 Å². The molecule has 150 valence electrons. The van der Waals surface area contributed by atoms with Gasteiger partial charge >= 0.3 is 0 Å². The van der Waals surface area contributed by atoms with Crippen molar-refractivity contribution in [2.45, 2.75) is 20.4 Å². The Balaban J connectivity index is 1.69. The van der Waals surface area contributed by atoms with Crippen molar-refractivity contribution < 1.29 is 14.0 Å². The number of furan rings is 1. The van der Waals surface area contributed by atoms with Crippen LogP contribution >= 0.6 is 0 Å². The summed E-state index contributed by atoms with van der Waals surface area (Å²) in [5.74, 6) is 0.115. The van der Waals surface area contributed by atoms with Crippen molar-refractivity contribution in [1.82, 2.24) is 5.32 Å². The molecule has 3 aromatic rings. The van der Waals surface area contributed by atoms with Gasteiger partial charge in [0, 0.05) is 24.3 Å². The van der Waals surface area contributed by atoms with E-state index in [1.165, 1.54) is 0 Å². The van der Waals surface area contributed by atoms with Crippen molar-refractivity contribution in [3.8, 4) is 0 Å². The molecule has 0 atom stereocenters. The Morgan fingerprint density at radius 2 is 1.62 bits per heavy atom. The summed E-state index contributed by atoms with van der Waals surface area (Å²) in [5, 5.41) is 5.64. The molecule has 0 saturated carbocycles. The molecule has 29 heavy (non-hydrogen) atoms. The zero-order chi connectivity index (χ0) is 20.6. The van der Waals surface area contributed by atoms with E-state index in [9.17, 15) is 9.59 Å². The third kappa shape index (κ3) is 5.04. The van der Waals surface area contributed by atoms with Crippen molar-refractivity contribution in [2.75, 3.05) is 23.3 Å². The van der Waals surface area contributed by atoms with E-state index in [1.54, 1.807) is 54.8 Å². The van der Waals surface area contributed by atoms with E-state index in [2.05, 4.69) is 29.4 Å². The maximum Gasteiger partial charge on any atom is 0.255 e. The van der Waals surface area contributed by atoms with Crippen molar-refractivity contribution in [3.05, 3.63) is 83.8 Å². The fraction of sp³-hybridized carbons (Fsp3) is 0.217. The first-order chi connectivity index (χ1) is 14.1. The van der Waals surface area contributed by atoms with Gasteiger partial charge in [0.2, 0.25) is 0 Å². The van der Waals surface area contributed by atoms with E-state index >= 15 is 0 Å². The van der Waals surface area contributed by atoms with Crippen LogP contribution < -0.4 is 15.5 Å². The lowest BCUT2D eigenvalue weighted by Gasteiger charge is -2.21. The molecule has 0 saturated heterocycles. The van der Waals surface area contributed by atoms with E-state index < -0.39 is 0 Å². The number of anilines is 2. The minimum Gasteiger partial charge on any atom is -0.467 e. The van der Waals surface area contributed by atoms with Crippen molar-refractivity contribution in [3.63, 3.8) is 0 Å². The Labute approximate surface area is 170 Å². The minimum absolute atomic E-state index is 0.262. The number of nitrogens with one attached hydrogen (secondary N) is 2. The lowest BCUT2D eigenvalue weighted by atomic mass is 10.1. The van der Waals surface area contributed by atoms with E-state index in [0.717, 1.165) is 18.8 Å². The molecule has 1 aromatic heterocycles. The van der Waals surface area contributed by atoms with Crippen molar-refractivity contribution in [2.24, 2.45) is 0 Å². The summed E-state index contributed by atoms with van der Waals surface area (Å²) < 4.78 is 5.23. The molecule has 0 aliphatic heterocycles. The van der Waals surface area contributed by atoms with E-state index in [-0.39, 0.29) is 18.4 Å². The Kier molecular flexibility index (Phi) is 6.68. The van der Waals surface area contributed by atoms with E-state index in [4.69, 9.17) is 4.42 Å². The maximum absolute atomic E-state index is 12.7. The number of carbonyl (C=O) groups is 2. The third-order valence-corrected chi connectivity index (χ3v) is 4.68. The second-order valence-electron chi connectivity index (χ2n) is 6.48. The van der Waals surface area contributed by atoms with Crippen molar-refractivity contribution >= 4 is 23.2 Å². The third-order valence-electron chi connectivity index (χ3n) is 4.68. The van der Waals surface area contributed by atoms with Crippen LogP contribution in [-0.4, -0.2) is 24.9 Å². The normalized spacial score (nSPS) is 10.4. The monoisotopic (exact) mass is 391 g/mol. The van der Waals surface area contributed by atoms with Gasteiger partial charge in [0.15, 0.2) is 0 Å². The predicted octanol–water partition coefficient (Wildman–Crippen LogP) is 4.31. The average molecular weight is 391 g/mol. The first-order valence-corrected chi connectivity index (χ1v) is 9.68. The zero-order valence-corrected chi connectivity index (χ0v) is 16.6. The number of hydrogen-bond donors (Lipinski definition) is 2. The largest absolute Gasteiger partial charge is 0.467 e. The highest BCUT2D eigenvalue weighted by Crippen LogP contribution is 2.19. The summed E-state index contributed by atoms with van der Waals surface area (Å²) >= 11 is 0. The summed E-state index contributed by atoms with van der Waals surface area (Å²) in [4.78, 5) is 27.4. The molecule has 0 radical (unpaired) electrons. The molecule has 1 heterocycles. The Bertz CT molecular complexity index is 946. The van der Waals surface area contributed by atoms with Crippen LogP contribution in [0.4, 0.5) is 11.4 Å². The summed E-state index contributed by atoms with van der Waals surface area (Å²) in [5.41, 5.74) is 2.46. The van der Waals surface area contributed by atoms with Crippen LogP contribution in [0.25, 0.3) is 0 Å². The van der Waals surface area contributed by atoms with E-state index in [1.807, 2.05) is 12.1 Å². The number of nitrogens with zero attached hydrogens (tertiary/aromatic N) is 1. The van der Waals surface area contributed by atoms with E-state index in [0.29, 0.717) is 22.6 Å². The molecule has 0 aliphatic carbocycles. The molecule has 6 heteroatoms. The van der Waals surface area contributed by atoms with Crippen LogP contribution in [0.1, 0.15) is 40.3 Å². The van der Waals surface area contributed by atoms with Crippen LogP contribution in [0, 0.1) is 0 Å². The minimum atomic E-state index is -0.283. The molecule has 0 aliphatic rings. The number of benzene rings is 2. The highest BCUT2D eigenvalue weighted by molar-refractivity contribution is 6.09. The first kappa shape index (κ1) is 20.2. The molecule has 6 nitrogen and oxygen atoms in total. The molecular formula is C23H25N3O3. The molecule has 0 bridgehead atoms. The summed E-state index contributed by atoms with van der Waals surface area (Å²) in [6.07, 6.45) is 1.56. The maximum atomic E-state index is 12.7. The van der Waals surface area contributed by atoms with Crippen LogP contribution in [0.5, 0.6) is 0 Å². The van der Waals surface area contributed by atoms with Crippen LogP contribution in [0.2, 0.25) is 0 Å². The Hall–Kier alpha value is -3.54. The molecule has 3 rings (SSSR count). The Morgan fingerprint density at radius 1 is 0.897 bits per heavy atom. The van der Waals surface area contributed by atoms with Gasteiger partial charge in [-0.05, 0) is 62.4 Å². The number of carbonyl (C=O) groups excluding carboxylic acids is 2. The molecule has 0 fully saturated rings. The molecular weight excluding hydrogens is 366 g/mol. The standard InChI is InChI=1S/C23H25N3O3/c1-3-26(4-2)18-13-11-17(12-14-18)22(27)25-21-10-6-5-9-20(21)23(28)24-16-19-8-7-15-29-19/h5-15H,3-4,16H2,1-2H3,(H,24,28)(H,25,27). The second kappa shape index (κ2) is 9.59. The SMILES string of the molecule is CCN(CC)c1ccc(C(=O)Nc2ccccc2C(=O)NCc2ccco2)cc1. The fourth-order valence-electron chi connectivity index (χ4n) is 3.07. The lowest BCUT2D eigenvalue weighted by Crippen LogP contribution is -2.24. The van der Waals surface area contributed by atoms with Gasteiger partial charge in [-0.25, -0.2) is 0 Å². The van der Waals surface area contributed by atoms with Crippen LogP contribution in [0.3, 0.4) is 0 Å². The first-order valence-electron chi connectivity index (χ1n) is 9.68. The number of hydrogen-bond acceptors (Lipinski definition) is 4. The van der Waals surface area contributed by atoms with Gasteiger partial charge in [-0.3, -0.25) is 9.59 Å². The van der Waals surface area contributed by atoms with Gasteiger partial charge in [-0.2, -0.15) is 0 Å². The van der Waals surface area contributed by atoms with Gasteiger partial charge in [0.1, 0.15) is 5.76 Å². The highest BCUT2D eigenvalue weighted by atomic mass is 16.3. The van der Waals surface area contributed by atoms with Gasteiger partial charge in [-0.1, -0.05) is 12.1 Å². The Morgan fingerprint density at radius 3 is 2.28 bits per heavy atom. The zero-order valence-electron chi connectivity index (χ0n) is 16.6. The fourth-order valence-corrected chi connectivity index (χ4v) is 3.07. The van der Waals surface area contributed by atoms with Gasteiger partial charge < -0.3 is 20.0 Å². The quantitative estimate of drug-likeness (QED) is 0.600. The predicted molar refractivity (Wildman–Crippen MR) is 114 cm³/mol. The number of para-hydroxylation sites is 1.